The Bertz CT molecular complexity index is 369. The number of aldehydes is 1. The van der Waals surface area contributed by atoms with Gasteiger partial charge in [0.1, 0.15) is 0 Å². The standard InChI is InChI=1S/C14H19NO/c1-11-8-13(9-12(2)14(11)10-16)15-6-4-3-5-7-15/h8-10H,3-7H2,1-2H3. The van der Waals surface area contributed by atoms with Crippen LogP contribution in [0, 0.1) is 13.8 Å². The van der Waals surface area contributed by atoms with Crippen molar-refractivity contribution >= 4 is 12.0 Å². The molecule has 0 aliphatic carbocycles. The summed E-state index contributed by atoms with van der Waals surface area (Å²) < 4.78 is 0. The minimum atomic E-state index is 0.848. The molecule has 1 aromatic carbocycles. The van der Waals surface area contributed by atoms with Crippen LogP contribution in [-0.2, 0) is 0 Å². The number of carbonyl (C=O) groups excluding carboxylic acids is 1. The van der Waals surface area contributed by atoms with Gasteiger partial charge in [0.2, 0.25) is 0 Å². The topological polar surface area (TPSA) is 20.3 Å². The summed E-state index contributed by atoms with van der Waals surface area (Å²) >= 11 is 0. The third kappa shape index (κ3) is 2.11. The Hall–Kier alpha value is -1.31. The molecule has 86 valence electrons. The van der Waals surface area contributed by atoms with E-state index in [0.29, 0.717) is 0 Å². The Balaban J connectivity index is 2.31. The zero-order chi connectivity index (χ0) is 11.5. The number of anilines is 1. The predicted octanol–water partition coefficient (Wildman–Crippen LogP) is 3.11. The lowest BCUT2D eigenvalue weighted by Crippen LogP contribution is -2.29. The smallest absolute Gasteiger partial charge is 0.150 e. The Morgan fingerprint density at radius 2 is 1.62 bits per heavy atom. The number of hydrogen-bond acceptors (Lipinski definition) is 2. The van der Waals surface area contributed by atoms with Gasteiger partial charge in [0.05, 0.1) is 0 Å². The van der Waals surface area contributed by atoms with Gasteiger partial charge in [-0.2, -0.15) is 0 Å². The molecule has 1 saturated heterocycles. The molecule has 0 amide bonds. The fourth-order valence-corrected chi connectivity index (χ4v) is 2.47. The average molecular weight is 217 g/mol. The summed E-state index contributed by atoms with van der Waals surface area (Å²) in [6.07, 6.45) is 4.88. The van der Waals surface area contributed by atoms with E-state index < -0.39 is 0 Å². The van der Waals surface area contributed by atoms with Crippen LogP contribution in [-0.4, -0.2) is 19.4 Å². The summed E-state index contributed by atoms with van der Waals surface area (Å²) in [5.41, 5.74) is 4.31. The molecule has 0 saturated carbocycles. The molecule has 1 aromatic rings. The lowest BCUT2D eigenvalue weighted by atomic mass is 10.0. The van der Waals surface area contributed by atoms with Crippen molar-refractivity contribution in [3.63, 3.8) is 0 Å². The Labute approximate surface area is 97.3 Å². The van der Waals surface area contributed by atoms with Crippen molar-refractivity contribution in [3.05, 3.63) is 28.8 Å². The molecular weight excluding hydrogens is 198 g/mol. The van der Waals surface area contributed by atoms with Crippen molar-refractivity contribution in [2.75, 3.05) is 18.0 Å². The van der Waals surface area contributed by atoms with E-state index in [1.807, 2.05) is 13.8 Å². The second kappa shape index (κ2) is 4.69. The van der Waals surface area contributed by atoms with Gasteiger partial charge in [-0.25, -0.2) is 0 Å². The number of aryl methyl sites for hydroxylation is 2. The van der Waals surface area contributed by atoms with E-state index in [9.17, 15) is 4.79 Å². The SMILES string of the molecule is Cc1cc(N2CCCCC2)cc(C)c1C=O. The molecule has 2 heteroatoms. The fourth-order valence-electron chi connectivity index (χ4n) is 2.47. The average Bonchev–Trinajstić information content (AvgIpc) is 2.30. The van der Waals surface area contributed by atoms with Crippen LogP contribution in [0.5, 0.6) is 0 Å². The molecule has 1 aliphatic heterocycles. The highest BCUT2D eigenvalue weighted by Gasteiger charge is 2.13. The molecule has 0 radical (unpaired) electrons. The first-order valence-electron chi connectivity index (χ1n) is 6.04. The van der Waals surface area contributed by atoms with Gasteiger partial charge < -0.3 is 4.90 Å². The third-order valence-corrected chi connectivity index (χ3v) is 3.42. The van der Waals surface area contributed by atoms with Gasteiger partial charge in [0, 0.05) is 24.3 Å². The van der Waals surface area contributed by atoms with Crippen molar-refractivity contribution in [1.29, 1.82) is 0 Å². The van der Waals surface area contributed by atoms with Crippen molar-refractivity contribution in [1.82, 2.24) is 0 Å². The van der Waals surface area contributed by atoms with Crippen LogP contribution in [0.25, 0.3) is 0 Å². The second-order valence-electron chi connectivity index (χ2n) is 4.66. The monoisotopic (exact) mass is 217 g/mol. The molecule has 1 aliphatic rings. The van der Waals surface area contributed by atoms with Gasteiger partial charge in [-0.05, 0) is 56.4 Å². The first-order valence-corrected chi connectivity index (χ1v) is 6.04. The van der Waals surface area contributed by atoms with Gasteiger partial charge in [-0.15, -0.1) is 0 Å². The Morgan fingerprint density at radius 1 is 1.06 bits per heavy atom. The Morgan fingerprint density at radius 3 is 2.12 bits per heavy atom. The van der Waals surface area contributed by atoms with E-state index in [1.165, 1.54) is 24.9 Å². The van der Waals surface area contributed by atoms with Gasteiger partial charge >= 0.3 is 0 Å². The van der Waals surface area contributed by atoms with E-state index in [0.717, 1.165) is 36.1 Å². The van der Waals surface area contributed by atoms with Gasteiger partial charge in [0.25, 0.3) is 0 Å². The first-order chi connectivity index (χ1) is 7.72. The van der Waals surface area contributed by atoms with Gasteiger partial charge in [-0.1, -0.05) is 0 Å². The number of benzene rings is 1. The maximum atomic E-state index is 10.9. The lowest BCUT2D eigenvalue weighted by Gasteiger charge is -2.29. The summed E-state index contributed by atoms with van der Waals surface area (Å²) in [7, 11) is 0. The Kier molecular flexibility index (Phi) is 3.28. The quantitative estimate of drug-likeness (QED) is 0.709. The zero-order valence-corrected chi connectivity index (χ0v) is 10.1. The summed E-state index contributed by atoms with van der Waals surface area (Å²) in [5, 5.41) is 0. The predicted molar refractivity (Wildman–Crippen MR) is 67.4 cm³/mol. The van der Waals surface area contributed by atoms with E-state index in [-0.39, 0.29) is 0 Å². The van der Waals surface area contributed by atoms with Crippen molar-refractivity contribution < 1.29 is 4.79 Å². The molecule has 0 atom stereocenters. The fraction of sp³-hybridized carbons (Fsp3) is 0.500. The highest BCUT2D eigenvalue weighted by Crippen LogP contribution is 2.24. The van der Waals surface area contributed by atoms with E-state index in [2.05, 4.69) is 17.0 Å². The van der Waals surface area contributed by atoms with Crippen molar-refractivity contribution in [3.8, 4) is 0 Å². The number of rotatable bonds is 2. The van der Waals surface area contributed by atoms with Crippen LogP contribution >= 0.6 is 0 Å². The van der Waals surface area contributed by atoms with Crippen LogP contribution in [0.15, 0.2) is 12.1 Å². The molecule has 0 bridgehead atoms. The molecule has 1 heterocycles. The molecule has 0 aromatic heterocycles. The van der Waals surface area contributed by atoms with E-state index in [4.69, 9.17) is 0 Å². The molecule has 0 unspecified atom stereocenters. The highest BCUT2D eigenvalue weighted by molar-refractivity contribution is 5.81. The lowest BCUT2D eigenvalue weighted by molar-refractivity contribution is 0.112. The minimum absolute atomic E-state index is 0.848. The molecule has 1 fully saturated rings. The van der Waals surface area contributed by atoms with Crippen LogP contribution < -0.4 is 4.90 Å². The zero-order valence-electron chi connectivity index (χ0n) is 10.1. The summed E-state index contributed by atoms with van der Waals surface area (Å²) in [4.78, 5) is 13.4. The third-order valence-electron chi connectivity index (χ3n) is 3.42. The number of carbonyl (C=O) groups is 1. The molecule has 0 spiro atoms. The minimum Gasteiger partial charge on any atom is -0.372 e. The number of hydrogen-bond donors (Lipinski definition) is 0. The molecule has 2 nitrogen and oxygen atoms in total. The second-order valence-corrected chi connectivity index (χ2v) is 4.66. The number of nitrogens with zero attached hydrogens (tertiary/aromatic N) is 1. The summed E-state index contributed by atoms with van der Waals surface area (Å²) in [5.74, 6) is 0. The van der Waals surface area contributed by atoms with Crippen molar-refractivity contribution in [2.45, 2.75) is 33.1 Å². The molecule has 16 heavy (non-hydrogen) atoms. The van der Waals surface area contributed by atoms with Crippen LogP contribution in [0.2, 0.25) is 0 Å². The molecule has 0 N–H and O–H groups in total. The van der Waals surface area contributed by atoms with Gasteiger partial charge in [-0.3, -0.25) is 4.79 Å². The van der Waals surface area contributed by atoms with Crippen LogP contribution in [0.1, 0.15) is 40.7 Å². The molecular formula is C14H19NO. The maximum Gasteiger partial charge on any atom is 0.150 e. The molecule has 2 rings (SSSR count). The normalized spacial score (nSPS) is 16.2. The maximum absolute atomic E-state index is 10.9. The number of piperidine rings is 1. The summed E-state index contributed by atoms with van der Waals surface area (Å²) in [6.45, 7) is 6.34. The van der Waals surface area contributed by atoms with Crippen LogP contribution in [0.3, 0.4) is 0 Å². The van der Waals surface area contributed by atoms with Crippen LogP contribution in [0.4, 0.5) is 5.69 Å². The highest BCUT2D eigenvalue weighted by atomic mass is 16.1. The van der Waals surface area contributed by atoms with E-state index in [1.54, 1.807) is 0 Å². The van der Waals surface area contributed by atoms with Crippen molar-refractivity contribution in [2.24, 2.45) is 0 Å². The summed E-state index contributed by atoms with van der Waals surface area (Å²) in [6, 6.07) is 4.28. The van der Waals surface area contributed by atoms with Gasteiger partial charge in [0.15, 0.2) is 6.29 Å². The largest absolute Gasteiger partial charge is 0.372 e. The first kappa shape index (κ1) is 11.2. The van der Waals surface area contributed by atoms with E-state index >= 15 is 0 Å².